The summed E-state index contributed by atoms with van der Waals surface area (Å²) in [7, 11) is 0. The van der Waals surface area contributed by atoms with Crippen LogP contribution in [0.4, 0.5) is 0 Å². The van der Waals surface area contributed by atoms with Crippen molar-refractivity contribution in [2.24, 2.45) is 5.92 Å². The first-order chi connectivity index (χ1) is 7.50. The molecule has 0 saturated heterocycles. The highest BCUT2D eigenvalue weighted by molar-refractivity contribution is 5.71. The van der Waals surface area contributed by atoms with Crippen molar-refractivity contribution in [3.63, 3.8) is 0 Å². The van der Waals surface area contributed by atoms with Crippen LogP contribution in [0, 0.1) is 5.92 Å². The van der Waals surface area contributed by atoms with Gasteiger partial charge in [0.25, 0.3) is 0 Å². The monoisotopic (exact) mass is 227 g/mol. The molecule has 1 heterocycles. The van der Waals surface area contributed by atoms with Gasteiger partial charge in [-0.05, 0) is 12.8 Å². The van der Waals surface area contributed by atoms with Crippen molar-refractivity contribution >= 4 is 5.97 Å². The number of rotatable bonds is 6. The minimum absolute atomic E-state index is 0.167. The summed E-state index contributed by atoms with van der Waals surface area (Å²) in [6, 6.07) is 0. The number of aliphatic carboxylic acids is 1. The smallest absolute Gasteiger partial charge is 0.332 e. The highest BCUT2D eigenvalue weighted by Crippen LogP contribution is 2.04. The molecule has 6 heteroatoms. The van der Waals surface area contributed by atoms with E-state index in [0.29, 0.717) is 11.7 Å². The highest BCUT2D eigenvalue weighted by atomic mass is 16.5. The van der Waals surface area contributed by atoms with Crippen molar-refractivity contribution in [3.8, 4) is 0 Å². The Kier molecular flexibility index (Phi) is 4.42. The van der Waals surface area contributed by atoms with Crippen molar-refractivity contribution in [1.29, 1.82) is 0 Å². The first kappa shape index (κ1) is 12.6. The van der Waals surface area contributed by atoms with Gasteiger partial charge >= 0.3 is 5.97 Å². The van der Waals surface area contributed by atoms with Crippen LogP contribution in [-0.4, -0.2) is 31.9 Å². The molecule has 0 radical (unpaired) electrons. The van der Waals surface area contributed by atoms with E-state index in [1.165, 1.54) is 13.3 Å². The maximum absolute atomic E-state index is 10.6. The Morgan fingerprint density at radius 1 is 1.56 bits per heavy atom. The van der Waals surface area contributed by atoms with E-state index >= 15 is 0 Å². The van der Waals surface area contributed by atoms with Gasteiger partial charge in [-0.3, -0.25) is 0 Å². The Labute approximate surface area is 94.2 Å². The standard InChI is InChI=1S/C10H17N3O3/c1-7(2)4-13-9(11-6-12-13)5-16-8(3)10(14)15/h6-8H,4-5H2,1-3H3,(H,14,15)/t8-/m1/s1. The van der Waals surface area contributed by atoms with Gasteiger partial charge in [0.05, 0.1) is 0 Å². The maximum Gasteiger partial charge on any atom is 0.332 e. The van der Waals surface area contributed by atoms with Crippen molar-refractivity contribution in [1.82, 2.24) is 14.8 Å². The molecule has 90 valence electrons. The van der Waals surface area contributed by atoms with E-state index in [1.54, 1.807) is 4.68 Å². The molecular weight excluding hydrogens is 210 g/mol. The lowest BCUT2D eigenvalue weighted by atomic mass is 10.2. The van der Waals surface area contributed by atoms with Crippen LogP contribution < -0.4 is 0 Å². The Morgan fingerprint density at radius 3 is 2.81 bits per heavy atom. The van der Waals surface area contributed by atoms with Crippen LogP contribution in [0.1, 0.15) is 26.6 Å². The summed E-state index contributed by atoms with van der Waals surface area (Å²) in [5, 5.41) is 12.7. The molecule has 1 atom stereocenters. The zero-order chi connectivity index (χ0) is 12.1. The van der Waals surface area contributed by atoms with Gasteiger partial charge in [-0.2, -0.15) is 5.10 Å². The van der Waals surface area contributed by atoms with Crippen LogP contribution in [0.2, 0.25) is 0 Å². The number of hydrogen-bond donors (Lipinski definition) is 1. The molecule has 0 bridgehead atoms. The van der Waals surface area contributed by atoms with Crippen LogP contribution in [0.5, 0.6) is 0 Å². The molecule has 1 aromatic heterocycles. The van der Waals surface area contributed by atoms with Crippen molar-refractivity contribution in [2.45, 2.75) is 40.0 Å². The molecule has 0 aromatic carbocycles. The Balaban J connectivity index is 2.53. The summed E-state index contributed by atoms with van der Waals surface area (Å²) in [4.78, 5) is 14.6. The van der Waals surface area contributed by atoms with E-state index in [2.05, 4.69) is 23.9 Å². The second-order valence-corrected chi connectivity index (χ2v) is 4.04. The summed E-state index contributed by atoms with van der Waals surface area (Å²) in [5.41, 5.74) is 0. The second kappa shape index (κ2) is 5.60. The molecule has 16 heavy (non-hydrogen) atoms. The maximum atomic E-state index is 10.6. The number of carboxylic acid groups (broad SMARTS) is 1. The third kappa shape index (κ3) is 3.62. The summed E-state index contributed by atoms with van der Waals surface area (Å²) in [6.07, 6.45) is 0.621. The molecule has 0 saturated carbocycles. The van der Waals surface area contributed by atoms with Crippen molar-refractivity contribution in [3.05, 3.63) is 12.2 Å². The fraction of sp³-hybridized carbons (Fsp3) is 0.700. The van der Waals surface area contributed by atoms with E-state index in [0.717, 1.165) is 6.54 Å². The molecule has 0 fully saturated rings. The second-order valence-electron chi connectivity index (χ2n) is 4.04. The van der Waals surface area contributed by atoms with Gasteiger partial charge in [0.2, 0.25) is 0 Å². The van der Waals surface area contributed by atoms with Crippen molar-refractivity contribution in [2.75, 3.05) is 0 Å². The SMILES string of the molecule is CC(C)Cn1ncnc1CO[C@H](C)C(=O)O. The quantitative estimate of drug-likeness (QED) is 0.782. The number of nitrogens with zero attached hydrogens (tertiary/aromatic N) is 3. The molecule has 0 amide bonds. The fourth-order valence-corrected chi connectivity index (χ4v) is 1.17. The van der Waals surface area contributed by atoms with E-state index < -0.39 is 12.1 Å². The highest BCUT2D eigenvalue weighted by Gasteiger charge is 2.13. The number of hydrogen-bond acceptors (Lipinski definition) is 4. The van der Waals surface area contributed by atoms with E-state index in [1.807, 2.05) is 0 Å². The van der Waals surface area contributed by atoms with Gasteiger partial charge in [0, 0.05) is 6.54 Å². The van der Waals surface area contributed by atoms with Crippen LogP contribution >= 0.6 is 0 Å². The molecule has 0 spiro atoms. The molecule has 6 nitrogen and oxygen atoms in total. The lowest BCUT2D eigenvalue weighted by Gasteiger charge is -2.10. The Bertz CT molecular complexity index is 349. The van der Waals surface area contributed by atoms with Crippen LogP contribution in [-0.2, 0) is 22.7 Å². The lowest BCUT2D eigenvalue weighted by Crippen LogP contribution is -2.21. The Hall–Kier alpha value is -1.43. The van der Waals surface area contributed by atoms with Gasteiger partial charge in [0.1, 0.15) is 12.9 Å². The van der Waals surface area contributed by atoms with Crippen LogP contribution in [0.15, 0.2) is 6.33 Å². The average molecular weight is 227 g/mol. The molecule has 0 aliphatic rings. The Morgan fingerprint density at radius 2 is 2.25 bits per heavy atom. The molecule has 0 aliphatic carbocycles. The third-order valence-corrected chi connectivity index (χ3v) is 2.04. The number of aromatic nitrogens is 3. The van der Waals surface area contributed by atoms with Gasteiger partial charge < -0.3 is 9.84 Å². The first-order valence-corrected chi connectivity index (χ1v) is 5.21. The van der Waals surface area contributed by atoms with E-state index in [-0.39, 0.29) is 6.61 Å². The fourth-order valence-electron chi connectivity index (χ4n) is 1.17. The summed E-state index contributed by atoms with van der Waals surface area (Å²) < 4.78 is 6.88. The van der Waals surface area contributed by atoms with Crippen LogP contribution in [0.25, 0.3) is 0 Å². The number of carboxylic acids is 1. The molecule has 0 unspecified atom stereocenters. The molecular formula is C10H17N3O3. The predicted octanol–water partition coefficient (Wildman–Crippen LogP) is 0.924. The van der Waals surface area contributed by atoms with Gasteiger partial charge in [-0.1, -0.05) is 13.8 Å². The zero-order valence-electron chi connectivity index (χ0n) is 9.75. The summed E-state index contributed by atoms with van der Waals surface area (Å²) >= 11 is 0. The van der Waals surface area contributed by atoms with E-state index in [9.17, 15) is 4.79 Å². The topological polar surface area (TPSA) is 77.2 Å². The summed E-state index contributed by atoms with van der Waals surface area (Å²) in [5.74, 6) is 0.133. The predicted molar refractivity (Wildman–Crippen MR) is 56.7 cm³/mol. The van der Waals surface area contributed by atoms with Gasteiger partial charge in [-0.15, -0.1) is 0 Å². The van der Waals surface area contributed by atoms with Gasteiger partial charge in [0.15, 0.2) is 11.9 Å². The number of carbonyl (C=O) groups is 1. The van der Waals surface area contributed by atoms with Crippen LogP contribution in [0.3, 0.4) is 0 Å². The number of ether oxygens (including phenoxy) is 1. The average Bonchev–Trinajstić information content (AvgIpc) is 2.60. The third-order valence-electron chi connectivity index (χ3n) is 2.04. The van der Waals surface area contributed by atoms with Crippen molar-refractivity contribution < 1.29 is 14.6 Å². The largest absolute Gasteiger partial charge is 0.479 e. The summed E-state index contributed by atoms with van der Waals surface area (Å²) in [6.45, 7) is 6.56. The lowest BCUT2D eigenvalue weighted by molar-refractivity contribution is -0.150. The molecule has 1 rings (SSSR count). The van der Waals surface area contributed by atoms with E-state index in [4.69, 9.17) is 9.84 Å². The first-order valence-electron chi connectivity index (χ1n) is 5.21. The molecule has 0 aliphatic heterocycles. The van der Waals surface area contributed by atoms with Gasteiger partial charge in [-0.25, -0.2) is 14.5 Å². The zero-order valence-corrected chi connectivity index (χ0v) is 9.75. The molecule has 1 aromatic rings. The minimum Gasteiger partial charge on any atom is -0.479 e. The minimum atomic E-state index is -0.977. The normalized spacial score (nSPS) is 13.0. The molecule has 1 N–H and O–H groups in total.